The summed E-state index contributed by atoms with van der Waals surface area (Å²) < 4.78 is 6.81. The number of nitrogens with two attached hydrogens (primary N) is 1. The van der Waals surface area contributed by atoms with Crippen LogP contribution in [-0.4, -0.2) is 37.2 Å². The standard InChI is InChI=1S/C13H18BrClN2O/c1-2-17-5-6-18-12(8-16)13(17)10-4-3-9(15)7-11(10)14/h3-4,7,12-13H,2,5-6,8,16H2,1H3. The van der Waals surface area contributed by atoms with E-state index in [0.29, 0.717) is 6.54 Å². The number of halogens is 2. The van der Waals surface area contributed by atoms with Crippen LogP contribution in [0.15, 0.2) is 22.7 Å². The van der Waals surface area contributed by atoms with Gasteiger partial charge in [-0.05, 0) is 24.2 Å². The van der Waals surface area contributed by atoms with E-state index in [1.54, 1.807) is 0 Å². The second-order valence-corrected chi connectivity index (χ2v) is 5.67. The summed E-state index contributed by atoms with van der Waals surface area (Å²) in [6.07, 6.45) is 0.0381. The third-order valence-corrected chi connectivity index (χ3v) is 4.30. The van der Waals surface area contributed by atoms with E-state index in [0.717, 1.165) is 29.2 Å². The fourth-order valence-electron chi connectivity index (χ4n) is 2.48. The van der Waals surface area contributed by atoms with E-state index in [2.05, 4.69) is 33.8 Å². The molecule has 5 heteroatoms. The van der Waals surface area contributed by atoms with Crippen LogP contribution in [0.3, 0.4) is 0 Å². The van der Waals surface area contributed by atoms with Crippen molar-refractivity contribution in [1.29, 1.82) is 0 Å². The van der Waals surface area contributed by atoms with E-state index in [-0.39, 0.29) is 12.1 Å². The number of hydrogen-bond acceptors (Lipinski definition) is 3. The van der Waals surface area contributed by atoms with E-state index in [1.807, 2.05) is 12.1 Å². The van der Waals surface area contributed by atoms with Crippen LogP contribution in [0.1, 0.15) is 18.5 Å². The average Bonchev–Trinajstić information content (AvgIpc) is 2.38. The largest absolute Gasteiger partial charge is 0.374 e. The van der Waals surface area contributed by atoms with Gasteiger partial charge >= 0.3 is 0 Å². The summed E-state index contributed by atoms with van der Waals surface area (Å²) >= 11 is 9.59. The second kappa shape index (κ2) is 6.35. The predicted octanol–water partition coefficient (Wildman–Crippen LogP) is 2.82. The Morgan fingerprint density at radius 1 is 1.56 bits per heavy atom. The molecular weight excluding hydrogens is 316 g/mol. The molecule has 18 heavy (non-hydrogen) atoms. The first-order chi connectivity index (χ1) is 8.67. The van der Waals surface area contributed by atoms with Gasteiger partial charge in [-0.2, -0.15) is 0 Å². The third kappa shape index (κ3) is 2.89. The number of ether oxygens (including phenoxy) is 1. The van der Waals surface area contributed by atoms with E-state index in [1.165, 1.54) is 5.56 Å². The summed E-state index contributed by atoms with van der Waals surface area (Å²) in [5.41, 5.74) is 7.03. The monoisotopic (exact) mass is 332 g/mol. The zero-order valence-electron chi connectivity index (χ0n) is 10.4. The summed E-state index contributed by atoms with van der Waals surface area (Å²) in [7, 11) is 0. The molecule has 1 saturated heterocycles. The van der Waals surface area contributed by atoms with Crippen molar-refractivity contribution in [3.63, 3.8) is 0 Å². The molecule has 1 fully saturated rings. The van der Waals surface area contributed by atoms with Crippen LogP contribution in [0.5, 0.6) is 0 Å². The Morgan fingerprint density at radius 3 is 2.94 bits per heavy atom. The highest BCUT2D eigenvalue weighted by Gasteiger charge is 2.32. The van der Waals surface area contributed by atoms with Crippen LogP contribution in [0, 0.1) is 0 Å². The molecule has 0 bridgehead atoms. The van der Waals surface area contributed by atoms with Gasteiger partial charge in [0.05, 0.1) is 18.8 Å². The fraction of sp³-hybridized carbons (Fsp3) is 0.538. The zero-order valence-corrected chi connectivity index (χ0v) is 12.7. The molecule has 2 unspecified atom stereocenters. The van der Waals surface area contributed by atoms with Crippen molar-refractivity contribution in [2.45, 2.75) is 19.1 Å². The number of hydrogen-bond donors (Lipinski definition) is 1. The van der Waals surface area contributed by atoms with Gasteiger partial charge < -0.3 is 10.5 Å². The maximum atomic E-state index is 6.00. The second-order valence-electron chi connectivity index (χ2n) is 4.38. The quantitative estimate of drug-likeness (QED) is 0.924. The van der Waals surface area contributed by atoms with Crippen molar-refractivity contribution >= 4 is 27.5 Å². The first kappa shape index (κ1) is 14.3. The summed E-state index contributed by atoms with van der Waals surface area (Å²) in [5, 5.41) is 0.731. The van der Waals surface area contributed by atoms with Gasteiger partial charge in [0.25, 0.3) is 0 Å². The van der Waals surface area contributed by atoms with Crippen molar-refractivity contribution in [3.8, 4) is 0 Å². The highest BCUT2D eigenvalue weighted by Crippen LogP contribution is 2.34. The van der Waals surface area contributed by atoms with Crippen molar-refractivity contribution < 1.29 is 4.74 Å². The van der Waals surface area contributed by atoms with Gasteiger partial charge in [0.1, 0.15) is 0 Å². The molecule has 0 aromatic heterocycles. The molecule has 1 aromatic carbocycles. The molecule has 1 heterocycles. The van der Waals surface area contributed by atoms with Crippen molar-refractivity contribution in [2.24, 2.45) is 5.73 Å². The molecule has 1 aliphatic heterocycles. The lowest BCUT2D eigenvalue weighted by molar-refractivity contribution is -0.0660. The molecule has 3 nitrogen and oxygen atoms in total. The Bertz CT molecular complexity index is 404. The molecule has 2 N–H and O–H groups in total. The van der Waals surface area contributed by atoms with Gasteiger partial charge in [-0.15, -0.1) is 0 Å². The Balaban J connectivity index is 2.36. The minimum Gasteiger partial charge on any atom is -0.374 e. The number of benzene rings is 1. The molecule has 0 radical (unpaired) electrons. The lowest BCUT2D eigenvalue weighted by Gasteiger charge is -2.41. The number of morpholine rings is 1. The molecule has 0 spiro atoms. The van der Waals surface area contributed by atoms with Crippen LogP contribution in [-0.2, 0) is 4.74 Å². The van der Waals surface area contributed by atoms with Crippen molar-refractivity contribution in [3.05, 3.63) is 33.3 Å². The van der Waals surface area contributed by atoms with Crippen molar-refractivity contribution in [2.75, 3.05) is 26.2 Å². The molecule has 1 aliphatic rings. The van der Waals surface area contributed by atoms with E-state index >= 15 is 0 Å². The molecule has 0 saturated carbocycles. The van der Waals surface area contributed by atoms with E-state index in [4.69, 9.17) is 22.1 Å². The Morgan fingerprint density at radius 2 is 2.33 bits per heavy atom. The summed E-state index contributed by atoms with van der Waals surface area (Å²) in [5.74, 6) is 0. The topological polar surface area (TPSA) is 38.5 Å². The maximum absolute atomic E-state index is 6.00. The Kier molecular flexibility index (Phi) is 5.04. The van der Waals surface area contributed by atoms with E-state index in [9.17, 15) is 0 Å². The smallest absolute Gasteiger partial charge is 0.0894 e. The first-order valence-electron chi connectivity index (χ1n) is 6.18. The lowest BCUT2D eigenvalue weighted by atomic mass is 9.98. The van der Waals surface area contributed by atoms with Gasteiger partial charge in [-0.25, -0.2) is 0 Å². The van der Waals surface area contributed by atoms with Crippen LogP contribution in [0.25, 0.3) is 0 Å². The summed E-state index contributed by atoms with van der Waals surface area (Å²) in [6, 6.07) is 6.09. The molecule has 0 aliphatic carbocycles. The van der Waals surface area contributed by atoms with Gasteiger partial charge in [-0.3, -0.25) is 4.90 Å². The molecule has 1 aromatic rings. The van der Waals surface area contributed by atoms with Crippen molar-refractivity contribution in [1.82, 2.24) is 4.90 Å². The maximum Gasteiger partial charge on any atom is 0.0894 e. The average molecular weight is 334 g/mol. The highest BCUT2D eigenvalue weighted by molar-refractivity contribution is 9.10. The molecule has 0 amide bonds. The van der Waals surface area contributed by atoms with Gasteiger partial charge in [-0.1, -0.05) is 40.5 Å². The van der Waals surface area contributed by atoms with Crippen LogP contribution in [0.4, 0.5) is 0 Å². The van der Waals surface area contributed by atoms with Gasteiger partial charge in [0.15, 0.2) is 0 Å². The van der Waals surface area contributed by atoms with Gasteiger partial charge in [0.2, 0.25) is 0 Å². The van der Waals surface area contributed by atoms with E-state index < -0.39 is 0 Å². The number of rotatable bonds is 3. The minimum absolute atomic E-state index is 0.0381. The number of likely N-dealkylation sites (N-methyl/N-ethyl adjacent to an activating group) is 1. The van der Waals surface area contributed by atoms with Crippen LogP contribution in [0.2, 0.25) is 5.02 Å². The summed E-state index contributed by atoms with van der Waals surface area (Å²) in [4.78, 5) is 2.40. The minimum atomic E-state index is 0.0381. The molecule has 2 atom stereocenters. The first-order valence-corrected chi connectivity index (χ1v) is 7.35. The molecular formula is C13H18BrClN2O. The third-order valence-electron chi connectivity index (χ3n) is 3.38. The van der Waals surface area contributed by atoms with Crippen LogP contribution < -0.4 is 5.73 Å². The Hall–Kier alpha value is -0.130. The normalized spacial score (nSPS) is 25.3. The highest BCUT2D eigenvalue weighted by atomic mass is 79.9. The Labute approximate surface area is 121 Å². The molecule has 2 rings (SSSR count). The summed E-state index contributed by atoms with van der Waals surface area (Å²) in [6.45, 7) is 5.36. The zero-order chi connectivity index (χ0) is 13.1. The SMILES string of the molecule is CCN1CCOC(CN)C1c1ccc(Cl)cc1Br. The molecule has 100 valence electrons. The van der Waals surface area contributed by atoms with Crippen LogP contribution >= 0.6 is 27.5 Å². The predicted molar refractivity (Wildman–Crippen MR) is 77.9 cm³/mol. The number of nitrogens with zero attached hydrogens (tertiary/aromatic N) is 1. The fourth-order valence-corrected chi connectivity index (χ4v) is 3.39. The van der Waals surface area contributed by atoms with Gasteiger partial charge in [0, 0.05) is 22.6 Å². The lowest BCUT2D eigenvalue weighted by Crippen LogP contribution is -2.48.